The Labute approximate surface area is 205 Å². The SMILES string of the molecule is CCCCC(OC)(OC)c1nc(CCC)n(Cc2ccc(-c3ccccc3-c3nn[nH]n3)nc2)n1. The number of hydrogen-bond acceptors (Lipinski definition) is 8. The third-order valence-electron chi connectivity index (χ3n) is 6.03. The summed E-state index contributed by atoms with van der Waals surface area (Å²) in [4.78, 5) is 9.55. The highest BCUT2D eigenvalue weighted by molar-refractivity contribution is 5.78. The molecule has 0 unspecified atom stereocenters. The van der Waals surface area contributed by atoms with E-state index in [4.69, 9.17) is 24.5 Å². The second-order valence-corrected chi connectivity index (χ2v) is 8.36. The van der Waals surface area contributed by atoms with Gasteiger partial charge in [0.1, 0.15) is 5.82 Å². The molecule has 0 saturated heterocycles. The first kappa shape index (κ1) is 24.6. The molecule has 0 spiro atoms. The number of H-pyrrole nitrogens is 1. The molecule has 0 atom stereocenters. The molecule has 184 valence electrons. The summed E-state index contributed by atoms with van der Waals surface area (Å²) in [6.07, 6.45) is 6.33. The molecule has 10 heteroatoms. The summed E-state index contributed by atoms with van der Waals surface area (Å²) in [5.74, 6) is 1.07. The van der Waals surface area contributed by atoms with Crippen LogP contribution in [0.1, 0.15) is 56.7 Å². The number of aromatic nitrogens is 8. The molecule has 35 heavy (non-hydrogen) atoms. The van der Waals surface area contributed by atoms with E-state index in [9.17, 15) is 0 Å². The lowest BCUT2D eigenvalue weighted by molar-refractivity contribution is -0.226. The average Bonchev–Trinajstić information content (AvgIpc) is 3.57. The van der Waals surface area contributed by atoms with E-state index in [0.717, 1.165) is 53.9 Å². The summed E-state index contributed by atoms with van der Waals surface area (Å²) in [6.45, 7) is 4.83. The van der Waals surface area contributed by atoms with Gasteiger partial charge in [0.05, 0.1) is 12.2 Å². The summed E-state index contributed by atoms with van der Waals surface area (Å²) in [6, 6.07) is 11.9. The van der Waals surface area contributed by atoms with E-state index in [1.54, 1.807) is 14.2 Å². The molecule has 1 aromatic carbocycles. The molecule has 4 rings (SSSR count). The number of nitrogens with one attached hydrogen (secondary N) is 1. The molecule has 0 amide bonds. The number of tetrazole rings is 1. The van der Waals surface area contributed by atoms with Crippen LogP contribution in [0.3, 0.4) is 0 Å². The van der Waals surface area contributed by atoms with Gasteiger partial charge in [0, 0.05) is 44.4 Å². The van der Waals surface area contributed by atoms with Crippen molar-refractivity contribution in [2.45, 2.75) is 58.3 Å². The minimum absolute atomic E-state index is 0.536. The number of methoxy groups -OCH3 is 2. The Hall–Kier alpha value is -3.50. The van der Waals surface area contributed by atoms with E-state index in [-0.39, 0.29) is 0 Å². The molecule has 3 heterocycles. The molecule has 1 N–H and O–H groups in total. The highest BCUT2D eigenvalue weighted by Crippen LogP contribution is 2.31. The van der Waals surface area contributed by atoms with Gasteiger partial charge >= 0.3 is 0 Å². The Morgan fingerprint density at radius 3 is 2.43 bits per heavy atom. The zero-order valence-electron chi connectivity index (χ0n) is 20.7. The van der Waals surface area contributed by atoms with Crippen LogP contribution in [0.2, 0.25) is 0 Å². The summed E-state index contributed by atoms with van der Waals surface area (Å²) >= 11 is 0. The van der Waals surface area contributed by atoms with Gasteiger partial charge in [-0.25, -0.2) is 9.67 Å². The molecule has 0 bridgehead atoms. The molecule has 3 aromatic heterocycles. The lowest BCUT2D eigenvalue weighted by atomic mass is 10.0. The van der Waals surface area contributed by atoms with Gasteiger partial charge in [-0.2, -0.15) is 5.21 Å². The normalized spacial score (nSPS) is 11.8. The van der Waals surface area contributed by atoms with Crippen molar-refractivity contribution in [1.29, 1.82) is 0 Å². The minimum atomic E-state index is -0.940. The second kappa shape index (κ2) is 11.3. The summed E-state index contributed by atoms with van der Waals surface area (Å²) < 4.78 is 13.5. The fourth-order valence-electron chi connectivity index (χ4n) is 4.09. The summed E-state index contributed by atoms with van der Waals surface area (Å²) in [5, 5.41) is 19.2. The lowest BCUT2D eigenvalue weighted by Gasteiger charge is -2.27. The molecule has 0 fully saturated rings. The van der Waals surface area contributed by atoms with Gasteiger partial charge < -0.3 is 9.47 Å². The van der Waals surface area contributed by atoms with Crippen molar-refractivity contribution in [2.75, 3.05) is 14.2 Å². The second-order valence-electron chi connectivity index (χ2n) is 8.36. The molecular formula is C25H32N8O2. The fourth-order valence-corrected chi connectivity index (χ4v) is 4.09. The van der Waals surface area contributed by atoms with Crippen molar-refractivity contribution >= 4 is 0 Å². The van der Waals surface area contributed by atoms with Crippen LogP contribution in [-0.4, -0.2) is 54.6 Å². The Morgan fingerprint density at radius 2 is 1.80 bits per heavy atom. The lowest BCUT2D eigenvalue weighted by Crippen LogP contribution is -2.32. The van der Waals surface area contributed by atoms with Crippen LogP contribution in [0.5, 0.6) is 0 Å². The number of pyridine rings is 1. The standard InChI is InChI=1S/C25H32N8O2/c1-5-7-15-25(34-3,35-4)24-27-22(10-6-2)33(30-24)17-18-13-14-21(26-16-18)19-11-8-9-12-20(19)23-28-31-32-29-23/h8-9,11-14,16H,5-7,10,15,17H2,1-4H3,(H,28,29,31,32). The maximum Gasteiger partial charge on any atom is 0.231 e. The number of ether oxygens (including phenoxy) is 2. The van der Waals surface area contributed by atoms with E-state index >= 15 is 0 Å². The van der Waals surface area contributed by atoms with E-state index in [1.165, 1.54) is 0 Å². The number of aryl methyl sites for hydroxylation is 1. The van der Waals surface area contributed by atoms with E-state index in [2.05, 4.69) is 40.5 Å². The number of unbranched alkanes of at least 4 members (excludes halogenated alkanes) is 1. The van der Waals surface area contributed by atoms with Crippen LogP contribution < -0.4 is 0 Å². The third-order valence-corrected chi connectivity index (χ3v) is 6.03. The van der Waals surface area contributed by atoms with Gasteiger partial charge in [-0.1, -0.05) is 50.6 Å². The molecule has 0 radical (unpaired) electrons. The molecule has 0 aliphatic rings. The molecule has 0 aliphatic heterocycles. The van der Waals surface area contributed by atoms with Crippen LogP contribution in [-0.2, 0) is 28.2 Å². The van der Waals surface area contributed by atoms with Gasteiger partial charge in [0.25, 0.3) is 0 Å². The quantitative estimate of drug-likeness (QED) is 0.303. The third kappa shape index (κ3) is 5.28. The van der Waals surface area contributed by atoms with Gasteiger partial charge in [0.2, 0.25) is 17.4 Å². The molecule has 4 aromatic rings. The minimum Gasteiger partial charge on any atom is -0.347 e. The molecular weight excluding hydrogens is 444 g/mol. The van der Waals surface area contributed by atoms with Gasteiger partial charge in [-0.05, 0) is 29.7 Å². The maximum atomic E-state index is 5.79. The number of hydrogen-bond donors (Lipinski definition) is 1. The number of benzene rings is 1. The van der Waals surface area contributed by atoms with Crippen LogP contribution in [0.15, 0.2) is 42.6 Å². The van der Waals surface area contributed by atoms with Gasteiger partial charge in [-0.15, -0.1) is 15.3 Å². The number of nitrogens with zero attached hydrogens (tertiary/aromatic N) is 7. The predicted molar refractivity (Wildman–Crippen MR) is 131 cm³/mol. The zero-order chi connectivity index (χ0) is 24.7. The average molecular weight is 477 g/mol. The first-order chi connectivity index (χ1) is 17.1. The zero-order valence-corrected chi connectivity index (χ0v) is 20.7. The predicted octanol–water partition coefficient (Wildman–Crippen LogP) is 4.16. The first-order valence-electron chi connectivity index (χ1n) is 12.0. The van der Waals surface area contributed by atoms with Crippen molar-refractivity contribution < 1.29 is 9.47 Å². The topological polar surface area (TPSA) is 117 Å². The van der Waals surface area contributed by atoms with Crippen LogP contribution in [0.25, 0.3) is 22.6 Å². The highest BCUT2D eigenvalue weighted by atomic mass is 16.7. The summed E-state index contributed by atoms with van der Waals surface area (Å²) in [7, 11) is 3.29. The van der Waals surface area contributed by atoms with E-state index < -0.39 is 5.79 Å². The Morgan fingerprint density at radius 1 is 1.00 bits per heavy atom. The van der Waals surface area contributed by atoms with Crippen molar-refractivity contribution in [1.82, 2.24) is 40.4 Å². The van der Waals surface area contributed by atoms with Crippen LogP contribution in [0, 0.1) is 0 Å². The molecule has 10 nitrogen and oxygen atoms in total. The van der Waals surface area contributed by atoms with Gasteiger partial charge in [0.15, 0.2) is 0 Å². The Balaban J connectivity index is 1.61. The Kier molecular flexibility index (Phi) is 7.94. The van der Waals surface area contributed by atoms with E-state index in [1.807, 2.05) is 41.2 Å². The first-order valence-corrected chi connectivity index (χ1v) is 12.0. The monoisotopic (exact) mass is 476 g/mol. The maximum absolute atomic E-state index is 5.79. The molecule has 0 aliphatic carbocycles. The van der Waals surface area contributed by atoms with E-state index in [0.29, 0.717) is 24.6 Å². The van der Waals surface area contributed by atoms with Gasteiger partial charge in [-0.3, -0.25) is 4.98 Å². The smallest absolute Gasteiger partial charge is 0.231 e. The van der Waals surface area contributed by atoms with Crippen molar-refractivity contribution in [2.24, 2.45) is 0 Å². The van der Waals surface area contributed by atoms with Crippen LogP contribution >= 0.6 is 0 Å². The Bertz CT molecular complexity index is 1200. The largest absolute Gasteiger partial charge is 0.347 e. The van der Waals surface area contributed by atoms with Crippen LogP contribution in [0.4, 0.5) is 0 Å². The number of aromatic amines is 1. The molecule has 0 saturated carbocycles. The fraction of sp³-hybridized carbons (Fsp3) is 0.440. The van der Waals surface area contributed by atoms with Crippen molar-refractivity contribution in [3.63, 3.8) is 0 Å². The number of rotatable bonds is 12. The van der Waals surface area contributed by atoms with Crippen molar-refractivity contribution in [3.05, 3.63) is 59.8 Å². The summed E-state index contributed by atoms with van der Waals surface area (Å²) in [5.41, 5.74) is 3.67. The van der Waals surface area contributed by atoms with Crippen molar-refractivity contribution in [3.8, 4) is 22.6 Å². The highest BCUT2D eigenvalue weighted by Gasteiger charge is 2.37.